The fraction of sp³-hybridized carbons (Fsp3) is 0.600. The minimum absolute atomic E-state index is 0.106. The average molecular weight is 244 g/mol. The maximum Gasteiger partial charge on any atom is 0.271 e. The summed E-state index contributed by atoms with van der Waals surface area (Å²) in [4.78, 5) is 17.5. The van der Waals surface area contributed by atoms with Crippen molar-refractivity contribution >= 4 is 17.4 Å². The molecule has 2 heterocycles. The van der Waals surface area contributed by atoms with E-state index in [-0.39, 0.29) is 10.6 Å². The molecule has 0 bridgehead atoms. The molecule has 1 unspecified atom stereocenters. The van der Waals surface area contributed by atoms with E-state index in [0.29, 0.717) is 18.5 Å². The van der Waals surface area contributed by atoms with Crippen molar-refractivity contribution in [2.24, 2.45) is 0 Å². The number of hydrogen-bond acceptors (Lipinski definition) is 4. The summed E-state index contributed by atoms with van der Waals surface area (Å²) in [6.45, 7) is 1.56. The number of halogens is 1. The molecule has 1 aromatic rings. The monoisotopic (exact) mass is 243 g/mol. The number of hydrogen-bond donors (Lipinski definition) is 2. The van der Waals surface area contributed by atoms with E-state index in [1.165, 1.54) is 6.33 Å². The van der Waals surface area contributed by atoms with Crippen molar-refractivity contribution in [2.75, 3.05) is 18.5 Å². The third-order valence-electron chi connectivity index (χ3n) is 2.58. The fourth-order valence-electron chi connectivity index (χ4n) is 1.73. The van der Waals surface area contributed by atoms with Gasteiger partial charge in [-0.25, -0.2) is 4.98 Å². The first-order valence-electron chi connectivity index (χ1n) is 5.36. The topological polar surface area (TPSA) is 67.0 Å². The Bertz CT molecular complexity index is 401. The molecule has 6 heteroatoms. The highest BCUT2D eigenvalue weighted by atomic mass is 35.5. The van der Waals surface area contributed by atoms with Crippen LogP contribution in [-0.4, -0.2) is 29.2 Å². The van der Waals surface area contributed by atoms with Crippen molar-refractivity contribution < 1.29 is 4.74 Å². The number of H-pyrrole nitrogens is 1. The second-order valence-electron chi connectivity index (χ2n) is 3.74. The molecule has 1 atom stereocenters. The summed E-state index contributed by atoms with van der Waals surface area (Å²) in [5.74, 6) is 0.434. The van der Waals surface area contributed by atoms with Crippen LogP contribution in [0, 0.1) is 0 Å². The van der Waals surface area contributed by atoms with E-state index in [9.17, 15) is 4.79 Å². The van der Waals surface area contributed by atoms with Gasteiger partial charge in [0.25, 0.3) is 5.56 Å². The van der Waals surface area contributed by atoms with E-state index in [1.54, 1.807) is 0 Å². The van der Waals surface area contributed by atoms with Gasteiger partial charge in [-0.05, 0) is 19.3 Å². The molecule has 0 radical (unpaired) electrons. The van der Waals surface area contributed by atoms with Gasteiger partial charge >= 0.3 is 0 Å². The average Bonchev–Trinajstić information content (AvgIpc) is 2.77. The van der Waals surface area contributed by atoms with Crippen LogP contribution >= 0.6 is 11.6 Å². The lowest BCUT2D eigenvalue weighted by Crippen LogP contribution is -2.16. The van der Waals surface area contributed by atoms with Gasteiger partial charge in [-0.3, -0.25) is 4.79 Å². The number of rotatable bonds is 4. The predicted octanol–water partition coefficient (Wildman–Crippen LogP) is 1.40. The lowest BCUT2D eigenvalue weighted by atomic mass is 10.2. The molecular formula is C10H14ClN3O2. The van der Waals surface area contributed by atoms with Crippen LogP contribution in [0.1, 0.15) is 19.3 Å². The number of aromatic nitrogens is 2. The molecule has 16 heavy (non-hydrogen) atoms. The van der Waals surface area contributed by atoms with Crippen molar-refractivity contribution in [2.45, 2.75) is 25.4 Å². The minimum Gasteiger partial charge on any atom is -0.378 e. The molecule has 0 saturated carbocycles. The first-order chi connectivity index (χ1) is 7.77. The van der Waals surface area contributed by atoms with E-state index >= 15 is 0 Å². The second-order valence-corrected chi connectivity index (χ2v) is 4.12. The van der Waals surface area contributed by atoms with Crippen molar-refractivity contribution in [3.05, 3.63) is 21.7 Å². The molecular weight excluding hydrogens is 230 g/mol. The van der Waals surface area contributed by atoms with Gasteiger partial charge in [-0.15, -0.1) is 0 Å². The van der Waals surface area contributed by atoms with Crippen LogP contribution in [0.25, 0.3) is 0 Å². The number of ether oxygens (including phenoxy) is 1. The molecule has 1 aliphatic rings. The highest BCUT2D eigenvalue weighted by Gasteiger charge is 2.15. The fourth-order valence-corrected chi connectivity index (χ4v) is 1.90. The van der Waals surface area contributed by atoms with Crippen LogP contribution in [-0.2, 0) is 4.74 Å². The second kappa shape index (κ2) is 5.32. The zero-order valence-electron chi connectivity index (χ0n) is 8.83. The third-order valence-corrected chi connectivity index (χ3v) is 2.93. The van der Waals surface area contributed by atoms with Gasteiger partial charge in [0, 0.05) is 13.2 Å². The van der Waals surface area contributed by atoms with Gasteiger partial charge in [-0.1, -0.05) is 11.6 Å². The van der Waals surface area contributed by atoms with E-state index in [1.807, 2.05) is 0 Å². The zero-order valence-corrected chi connectivity index (χ0v) is 9.59. The van der Waals surface area contributed by atoms with E-state index in [4.69, 9.17) is 16.3 Å². The summed E-state index contributed by atoms with van der Waals surface area (Å²) >= 11 is 5.79. The van der Waals surface area contributed by atoms with Crippen molar-refractivity contribution in [3.63, 3.8) is 0 Å². The van der Waals surface area contributed by atoms with Crippen molar-refractivity contribution in [1.29, 1.82) is 0 Å². The molecule has 0 aromatic carbocycles. The SMILES string of the molecule is O=c1[nH]cnc(NCCC2CCCO2)c1Cl. The van der Waals surface area contributed by atoms with Crippen LogP contribution in [0.2, 0.25) is 5.02 Å². The number of nitrogens with one attached hydrogen (secondary N) is 2. The molecule has 1 aromatic heterocycles. The minimum atomic E-state index is -0.323. The quantitative estimate of drug-likeness (QED) is 0.839. The van der Waals surface area contributed by atoms with Crippen LogP contribution < -0.4 is 10.9 Å². The lowest BCUT2D eigenvalue weighted by Gasteiger charge is -2.10. The number of anilines is 1. The Morgan fingerprint density at radius 1 is 1.69 bits per heavy atom. The Balaban J connectivity index is 1.84. The van der Waals surface area contributed by atoms with Crippen LogP contribution in [0.15, 0.2) is 11.1 Å². The molecule has 0 aliphatic carbocycles. The molecule has 88 valence electrons. The predicted molar refractivity (Wildman–Crippen MR) is 61.9 cm³/mol. The van der Waals surface area contributed by atoms with Gasteiger partial charge in [0.1, 0.15) is 5.02 Å². The van der Waals surface area contributed by atoms with Crippen LogP contribution in [0.3, 0.4) is 0 Å². The summed E-state index contributed by atoms with van der Waals surface area (Å²) in [7, 11) is 0. The lowest BCUT2D eigenvalue weighted by molar-refractivity contribution is 0.107. The maximum atomic E-state index is 11.2. The van der Waals surface area contributed by atoms with E-state index in [2.05, 4.69) is 15.3 Å². The van der Waals surface area contributed by atoms with Crippen LogP contribution in [0.5, 0.6) is 0 Å². The number of nitrogens with zero attached hydrogens (tertiary/aromatic N) is 1. The Labute approximate surface area is 98.2 Å². The van der Waals surface area contributed by atoms with Crippen LogP contribution in [0.4, 0.5) is 5.82 Å². The normalized spacial score (nSPS) is 19.9. The molecule has 1 fully saturated rings. The van der Waals surface area contributed by atoms with Crippen molar-refractivity contribution in [1.82, 2.24) is 9.97 Å². The molecule has 0 spiro atoms. The summed E-state index contributed by atoms with van der Waals surface area (Å²) < 4.78 is 5.48. The third kappa shape index (κ3) is 2.74. The molecule has 2 N–H and O–H groups in total. The molecule has 1 saturated heterocycles. The van der Waals surface area contributed by atoms with E-state index in [0.717, 1.165) is 25.9 Å². The first kappa shape index (κ1) is 11.4. The Kier molecular flexibility index (Phi) is 3.79. The molecule has 1 aliphatic heterocycles. The maximum absolute atomic E-state index is 11.2. The summed E-state index contributed by atoms with van der Waals surface area (Å²) in [5, 5.41) is 3.14. The molecule has 5 nitrogen and oxygen atoms in total. The number of aromatic amines is 1. The smallest absolute Gasteiger partial charge is 0.271 e. The largest absolute Gasteiger partial charge is 0.378 e. The molecule has 0 amide bonds. The van der Waals surface area contributed by atoms with Gasteiger partial charge in [0.2, 0.25) is 0 Å². The van der Waals surface area contributed by atoms with E-state index < -0.39 is 0 Å². The summed E-state index contributed by atoms with van der Waals surface area (Å²) in [6, 6.07) is 0. The highest BCUT2D eigenvalue weighted by molar-refractivity contribution is 6.32. The standard InChI is InChI=1S/C10H14ClN3O2/c11-8-9(13-6-14-10(8)15)12-4-3-7-2-1-5-16-7/h6-7H,1-5H2,(H2,12,13,14,15). The Morgan fingerprint density at radius 3 is 3.31 bits per heavy atom. The van der Waals surface area contributed by atoms with Crippen molar-refractivity contribution in [3.8, 4) is 0 Å². The van der Waals surface area contributed by atoms with Gasteiger partial charge in [-0.2, -0.15) is 0 Å². The highest BCUT2D eigenvalue weighted by Crippen LogP contribution is 2.16. The summed E-state index contributed by atoms with van der Waals surface area (Å²) in [6.07, 6.45) is 4.81. The van der Waals surface area contributed by atoms with Gasteiger partial charge in [0.05, 0.1) is 12.4 Å². The Hall–Kier alpha value is -1.07. The Morgan fingerprint density at radius 2 is 2.56 bits per heavy atom. The molecule has 2 rings (SSSR count). The zero-order chi connectivity index (χ0) is 11.4. The van der Waals surface area contributed by atoms with Gasteiger partial charge < -0.3 is 15.0 Å². The first-order valence-corrected chi connectivity index (χ1v) is 5.74. The van der Waals surface area contributed by atoms with Gasteiger partial charge in [0.15, 0.2) is 5.82 Å². The summed E-state index contributed by atoms with van der Waals surface area (Å²) in [5.41, 5.74) is -0.323.